The highest BCUT2D eigenvalue weighted by atomic mass is 16.3. The maximum atomic E-state index is 9.78. The Bertz CT molecular complexity index is 597. The van der Waals surface area contributed by atoms with Gasteiger partial charge >= 0.3 is 0 Å². The highest BCUT2D eigenvalue weighted by molar-refractivity contribution is 5.85. The van der Waals surface area contributed by atoms with Crippen molar-refractivity contribution in [2.45, 2.75) is 26.4 Å². The Morgan fingerprint density at radius 1 is 1.25 bits per heavy atom. The van der Waals surface area contributed by atoms with Crippen molar-refractivity contribution in [2.24, 2.45) is 0 Å². The van der Waals surface area contributed by atoms with Crippen LogP contribution in [-0.2, 0) is 6.54 Å². The second-order valence-corrected chi connectivity index (χ2v) is 5.88. The summed E-state index contributed by atoms with van der Waals surface area (Å²) in [4.78, 5) is 2.47. The highest BCUT2D eigenvalue weighted by Gasteiger charge is 2.15. The zero-order valence-corrected chi connectivity index (χ0v) is 12.3. The number of nitrogens with zero attached hydrogens (tertiary/aromatic N) is 2. The number of aromatic nitrogens is 1. The first-order valence-electron chi connectivity index (χ1n) is 7.40. The van der Waals surface area contributed by atoms with Gasteiger partial charge in [0, 0.05) is 55.9 Å². The molecule has 0 unspecified atom stereocenters. The molecule has 0 atom stereocenters. The molecule has 0 spiro atoms. The number of rotatable bonds is 3. The summed E-state index contributed by atoms with van der Waals surface area (Å²) >= 11 is 0. The van der Waals surface area contributed by atoms with Crippen molar-refractivity contribution < 1.29 is 5.11 Å². The summed E-state index contributed by atoms with van der Waals surface area (Å²) in [6.45, 7) is 9.66. The highest BCUT2D eigenvalue weighted by Crippen LogP contribution is 2.28. The molecule has 0 amide bonds. The number of hydrogen-bond acceptors (Lipinski definition) is 3. The third kappa shape index (κ3) is 2.53. The van der Waals surface area contributed by atoms with Crippen molar-refractivity contribution in [1.29, 1.82) is 0 Å². The third-order valence-corrected chi connectivity index (χ3v) is 4.06. The number of fused-ring (bicyclic) bond motifs is 1. The van der Waals surface area contributed by atoms with Crippen molar-refractivity contribution in [3.63, 3.8) is 0 Å². The molecule has 2 heterocycles. The number of hydrogen-bond donors (Lipinski definition) is 2. The monoisotopic (exact) mass is 273 g/mol. The molecular weight excluding hydrogens is 250 g/mol. The molecule has 2 N–H and O–H groups in total. The van der Waals surface area contributed by atoms with E-state index in [2.05, 4.69) is 34.8 Å². The van der Waals surface area contributed by atoms with Crippen molar-refractivity contribution in [1.82, 2.24) is 14.8 Å². The van der Waals surface area contributed by atoms with E-state index >= 15 is 0 Å². The van der Waals surface area contributed by atoms with Crippen LogP contribution in [0.3, 0.4) is 0 Å². The smallest absolute Gasteiger partial charge is 0.116 e. The number of phenols is 1. The standard InChI is InChI=1S/C16H23N3O/c1-12(2)19-11-13(10-18-7-5-17-6-8-18)15-9-14(20)3-4-16(15)19/h3-4,9,11-12,17,20H,5-8,10H2,1-2H3. The van der Waals surface area contributed by atoms with Crippen molar-refractivity contribution in [2.75, 3.05) is 26.2 Å². The van der Waals surface area contributed by atoms with Crippen LogP contribution < -0.4 is 5.32 Å². The van der Waals surface area contributed by atoms with Crippen molar-refractivity contribution in [3.05, 3.63) is 30.0 Å². The molecular formula is C16H23N3O. The van der Waals surface area contributed by atoms with Gasteiger partial charge in [0.05, 0.1) is 0 Å². The lowest BCUT2D eigenvalue weighted by atomic mass is 10.1. The lowest BCUT2D eigenvalue weighted by Crippen LogP contribution is -2.42. The number of phenolic OH excluding ortho intramolecular Hbond substituents is 1. The van der Waals surface area contributed by atoms with Crippen LogP contribution >= 0.6 is 0 Å². The second-order valence-electron chi connectivity index (χ2n) is 5.88. The van der Waals surface area contributed by atoms with Gasteiger partial charge in [0.2, 0.25) is 0 Å². The second kappa shape index (κ2) is 5.46. The zero-order chi connectivity index (χ0) is 14.1. The van der Waals surface area contributed by atoms with E-state index in [1.807, 2.05) is 12.1 Å². The minimum atomic E-state index is 0.348. The van der Waals surface area contributed by atoms with E-state index in [0.717, 1.165) is 32.7 Å². The van der Waals surface area contributed by atoms with Gasteiger partial charge in [-0.05, 0) is 37.6 Å². The number of piperazine rings is 1. The summed E-state index contributed by atoms with van der Waals surface area (Å²) < 4.78 is 2.30. The SMILES string of the molecule is CC(C)n1cc(CN2CCNCC2)c2cc(O)ccc21. The van der Waals surface area contributed by atoms with Crippen LogP contribution in [-0.4, -0.2) is 40.8 Å². The Morgan fingerprint density at radius 3 is 2.70 bits per heavy atom. The lowest BCUT2D eigenvalue weighted by Gasteiger charge is -2.26. The Hall–Kier alpha value is -1.52. The molecule has 1 aromatic carbocycles. The Kier molecular flexibility index (Phi) is 3.68. The molecule has 0 bridgehead atoms. The predicted octanol–water partition coefficient (Wildman–Crippen LogP) is 2.33. The molecule has 3 rings (SSSR count). The molecule has 1 aliphatic rings. The summed E-state index contributed by atoms with van der Waals surface area (Å²) in [6, 6.07) is 6.12. The van der Waals surface area contributed by atoms with Gasteiger partial charge in [-0.2, -0.15) is 0 Å². The van der Waals surface area contributed by atoms with Crippen LogP contribution in [0.2, 0.25) is 0 Å². The molecule has 20 heavy (non-hydrogen) atoms. The fourth-order valence-corrected chi connectivity index (χ4v) is 2.98. The molecule has 2 aromatic rings. The van der Waals surface area contributed by atoms with E-state index in [1.165, 1.54) is 16.5 Å². The minimum Gasteiger partial charge on any atom is -0.508 e. The normalized spacial score (nSPS) is 17.1. The topological polar surface area (TPSA) is 40.4 Å². The summed E-state index contributed by atoms with van der Waals surface area (Å²) in [6.07, 6.45) is 2.25. The maximum Gasteiger partial charge on any atom is 0.116 e. The van der Waals surface area contributed by atoms with Crippen molar-refractivity contribution in [3.8, 4) is 5.75 Å². The summed E-state index contributed by atoms with van der Waals surface area (Å²) in [7, 11) is 0. The van der Waals surface area contributed by atoms with Crippen LogP contribution in [0.25, 0.3) is 10.9 Å². The van der Waals surface area contributed by atoms with Gasteiger partial charge in [-0.1, -0.05) is 0 Å². The Labute approximate surface area is 120 Å². The van der Waals surface area contributed by atoms with Crippen LogP contribution in [0.4, 0.5) is 0 Å². The third-order valence-electron chi connectivity index (χ3n) is 4.06. The maximum absolute atomic E-state index is 9.78. The van der Waals surface area contributed by atoms with E-state index in [0.29, 0.717) is 11.8 Å². The number of nitrogens with one attached hydrogen (secondary N) is 1. The van der Waals surface area contributed by atoms with E-state index in [4.69, 9.17) is 0 Å². The van der Waals surface area contributed by atoms with E-state index in [9.17, 15) is 5.11 Å². The van der Waals surface area contributed by atoms with Crippen LogP contribution in [0.15, 0.2) is 24.4 Å². The summed E-state index contributed by atoms with van der Waals surface area (Å²) in [5, 5.41) is 14.3. The molecule has 1 fully saturated rings. The largest absolute Gasteiger partial charge is 0.508 e. The minimum absolute atomic E-state index is 0.348. The fourth-order valence-electron chi connectivity index (χ4n) is 2.98. The van der Waals surface area contributed by atoms with Gasteiger partial charge in [-0.25, -0.2) is 0 Å². The lowest BCUT2D eigenvalue weighted by molar-refractivity contribution is 0.234. The first-order valence-corrected chi connectivity index (χ1v) is 7.40. The Balaban J connectivity index is 1.98. The molecule has 0 radical (unpaired) electrons. The quantitative estimate of drug-likeness (QED) is 0.902. The number of benzene rings is 1. The molecule has 4 heteroatoms. The van der Waals surface area contributed by atoms with Gasteiger partial charge in [-0.3, -0.25) is 4.90 Å². The predicted molar refractivity (Wildman–Crippen MR) is 82.1 cm³/mol. The van der Waals surface area contributed by atoms with Gasteiger partial charge in [0.25, 0.3) is 0 Å². The van der Waals surface area contributed by atoms with Gasteiger partial charge in [0.1, 0.15) is 5.75 Å². The first-order chi connectivity index (χ1) is 9.65. The van der Waals surface area contributed by atoms with E-state index in [1.54, 1.807) is 6.07 Å². The fraction of sp³-hybridized carbons (Fsp3) is 0.500. The van der Waals surface area contributed by atoms with Crippen LogP contribution in [0.5, 0.6) is 5.75 Å². The molecule has 4 nitrogen and oxygen atoms in total. The van der Waals surface area contributed by atoms with Crippen LogP contribution in [0, 0.1) is 0 Å². The van der Waals surface area contributed by atoms with Gasteiger partial charge in [-0.15, -0.1) is 0 Å². The summed E-state index contributed by atoms with van der Waals surface area (Å²) in [5.41, 5.74) is 2.52. The summed E-state index contributed by atoms with van der Waals surface area (Å²) in [5.74, 6) is 0.348. The Morgan fingerprint density at radius 2 is 2.00 bits per heavy atom. The first kappa shape index (κ1) is 13.5. The molecule has 1 aromatic heterocycles. The zero-order valence-electron chi connectivity index (χ0n) is 12.3. The van der Waals surface area contributed by atoms with E-state index < -0.39 is 0 Å². The van der Waals surface area contributed by atoms with Gasteiger partial charge in [0.15, 0.2) is 0 Å². The van der Waals surface area contributed by atoms with E-state index in [-0.39, 0.29) is 0 Å². The average molecular weight is 273 g/mol. The van der Waals surface area contributed by atoms with Gasteiger partial charge < -0.3 is 15.0 Å². The molecule has 0 aliphatic carbocycles. The molecule has 108 valence electrons. The molecule has 1 saturated heterocycles. The molecule has 1 aliphatic heterocycles. The van der Waals surface area contributed by atoms with Crippen LogP contribution in [0.1, 0.15) is 25.5 Å². The number of aromatic hydroxyl groups is 1. The van der Waals surface area contributed by atoms with Crippen molar-refractivity contribution >= 4 is 10.9 Å². The molecule has 0 saturated carbocycles. The average Bonchev–Trinajstić information content (AvgIpc) is 2.78.